The summed E-state index contributed by atoms with van der Waals surface area (Å²) in [6, 6.07) is 3.03. The second kappa shape index (κ2) is 9.29. The van der Waals surface area contributed by atoms with Crippen LogP contribution in [0.4, 0.5) is 18.9 Å². The van der Waals surface area contributed by atoms with Crippen molar-refractivity contribution in [1.29, 1.82) is 0 Å². The molecule has 3 unspecified atom stereocenters. The first-order valence-corrected chi connectivity index (χ1v) is 11.6. The summed E-state index contributed by atoms with van der Waals surface area (Å²) in [5.74, 6) is -3.31. The average molecular weight is 492 g/mol. The van der Waals surface area contributed by atoms with E-state index >= 15 is 4.39 Å². The van der Waals surface area contributed by atoms with Gasteiger partial charge in [-0.15, -0.1) is 0 Å². The van der Waals surface area contributed by atoms with Crippen molar-refractivity contribution in [2.45, 2.75) is 43.5 Å². The van der Waals surface area contributed by atoms with Crippen molar-refractivity contribution in [2.24, 2.45) is 4.99 Å². The van der Waals surface area contributed by atoms with E-state index in [1.165, 1.54) is 23.2 Å². The fraction of sp³-hybridized carbons (Fsp3) is 0.500. The highest BCUT2D eigenvalue weighted by molar-refractivity contribution is 5.92. The van der Waals surface area contributed by atoms with Crippen molar-refractivity contribution in [3.05, 3.63) is 53.3 Å². The average Bonchev–Trinajstić information content (AvgIpc) is 3.21. The van der Waals surface area contributed by atoms with E-state index < -0.39 is 35.7 Å². The van der Waals surface area contributed by atoms with Crippen LogP contribution in [0.1, 0.15) is 19.3 Å². The van der Waals surface area contributed by atoms with Crippen LogP contribution in [0.25, 0.3) is 0 Å². The van der Waals surface area contributed by atoms with Crippen molar-refractivity contribution >= 4 is 17.5 Å². The summed E-state index contributed by atoms with van der Waals surface area (Å²) in [4.78, 5) is 19.5. The van der Waals surface area contributed by atoms with Gasteiger partial charge in [0.1, 0.15) is 23.6 Å². The van der Waals surface area contributed by atoms with Gasteiger partial charge in [-0.3, -0.25) is 0 Å². The van der Waals surface area contributed by atoms with Crippen LogP contribution < -0.4 is 10.2 Å². The molecule has 0 aromatic heterocycles. The number of alkyl halides is 1. The number of aliphatic carboxylic acids is 1. The fourth-order valence-corrected chi connectivity index (χ4v) is 5.09. The number of nitrogens with zero attached hydrogens (tertiary/aromatic N) is 3. The van der Waals surface area contributed by atoms with E-state index in [4.69, 9.17) is 9.47 Å². The van der Waals surface area contributed by atoms with Crippen molar-refractivity contribution < 1.29 is 32.5 Å². The molecule has 4 aliphatic heterocycles. The Morgan fingerprint density at radius 2 is 2.09 bits per heavy atom. The highest BCUT2D eigenvalue weighted by atomic mass is 19.1. The van der Waals surface area contributed by atoms with Crippen LogP contribution in [-0.2, 0) is 14.3 Å². The van der Waals surface area contributed by atoms with E-state index in [2.05, 4.69) is 10.3 Å². The minimum atomic E-state index is -1.54. The molecule has 0 bridgehead atoms. The van der Waals surface area contributed by atoms with Crippen LogP contribution in [0.15, 0.2) is 46.6 Å². The number of hydrogen-bond acceptors (Lipinski definition) is 7. The molecule has 2 fully saturated rings. The molecule has 0 saturated carbocycles. The van der Waals surface area contributed by atoms with Crippen LogP contribution in [0.5, 0.6) is 0 Å². The van der Waals surface area contributed by atoms with Gasteiger partial charge in [-0.1, -0.05) is 0 Å². The molecule has 1 aromatic rings. The third kappa shape index (κ3) is 4.55. The van der Waals surface area contributed by atoms with Gasteiger partial charge in [0.25, 0.3) is 0 Å². The smallest absolute Gasteiger partial charge is 0.333 e. The standard InChI is InChI=1S/C24H27F3N4O4/c1-28-11-17-13-34-24(35-17)4-6-30(7-5-24)22-19(27)9-14-8-15(23(32)33)12-31(21(14)29-22)20-3-2-16(25)10-18(20)26/h2-3,9-10,12,17,19,21,28H,4-8,11,13H2,1H3,(H,32,33). The highest BCUT2D eigenvalue weighted by Crippen LogP contribution is 2.38. The summed E-state index contributed by atoms with van der Waals surface area (Å²) < 4.78 is 55.5. The Morgan fingerprint density at radius 1 is 1.31 bits per heavy atom. The number of piperidine rings is 1. The molecule has 4 heterocycles. The highest BCUT2D eigenvalue weighted by Gasteiger charge is 2.45. The maximum absolute atomic E-state index is 15.3. The molecule has 0 amide bonds. The normalized spacial score (nSPS) is 27.9. The first-order chi connectivity index (χ1) is 16.8. The largest absolute Gasteiger partial charge is 0.478 e. The van der Waals surface area contributed by atoms with E-state index in [1.54, 1.807) is 0 Å². The number of nitrogens with one attached hydrogen (secondary N) is 1. The lowest BCUT2D eigenvalue weighted by Crippen LogP contribution is -2.52. The summed E-state index contributed by atoms with van der Waals surface area (Å²) in [5, 5.41) is 12.6. The maximum atomic E-state index is 15.3. The predicted molar refractivity (Wildman–Crippen MR) is 122 cm³/mol. The quantitative estimate of drug-likeness (QED) is 0.625. The zero-order valence-corrected chi connectivity index (χ0v) is 19.2. The molecule has 0 aliphatic carbocycles. The van der Waals surface area contributed by atoms with Crippen LogP contribution in [0, 0.1) is 11.6 Å². The first-order valence-electron chi connectivity index (χ1n) is 11.6. The van der Waals surface area contributed by atoms with Crippen molar-refractivity contribution in [2.75, 3.05) is 38.2 Å². The molecular weight excluding hydrogens is 465 g/mol. The number of rotatable bonds is 4. The van der Waals surface area contributed by atoms with Crippen LogP contribution in [0.2, 0.25) is 0 Å². The van der Waals surface area contributed by atoms with Gasteiger partial charge in [0, 0.05) is 51.2 Å². The maximum Gasteiger partial charge on any atom is 0.333 e. The second-order valence-electron chi connectivity index (χ2n) is 9.15. The van der Waals surface area contributed by atoms with Crippen LogP contribution >= 0.6 is 0 Å². The summed E-state index contributed by atoms with van der Waals surface area (Å²) in [6.07, 6.45) is 1.30. The second-order valence-corrected chi connectivity index (χ2v) is 9.15. The Bertz CT molecular complexity index is 1100. The lowest BCUT2D eigenvalue weighted by molar-refractivity contribution is -0.190. The number of hydrogen-bond donors (Lipinski definition) is 2. The number of amidine groups is 1. The number of benzene rings is 1. The third-order valence-electron chi connectivity index (χ3n) is 6.80. The predicted octanol–water partition coefficient (Wildman–Crippen LogP) is 2.57. The Labute approximate surface area is 200 Å². The zero-order valence-electron chi connectivity index (χ0n) is 19.2. The number of likely N-dealkylation sites (tertiary alicyclic amines) is 1. The molecule has 188 valence electrons. The lowest BCUT2D eigenvalue weighted by Gasteiger charge is -2.42. The molecule has 1 aromatic carbocycles. The minimum absolute atomic E-state index is 0.0197. The number of aliphatic imine (C=N–C) groups is 1. The SMILES string of the molecule is CNCC1COC2(CCN(C3=NC4C(=CC3F)CC(C(=O)O)=CN4c3ccc(F)cc3F)CC2)O1. The van der Waals surface area contributed by atoms with E-state index in [0.29, 0.717) is 44.7 Å². The number of likely N-dealkylation sites (N-methyl/N-ethyl adjacent to an activating group) is 1. The van der Waals surface area contributed by atoms with E-state index in [0.717, 1.165) is 12.1 Å². The van der Waals surface area contributed by atoms with Gasteiger partial charge in [-0.25, -0.2) is 23.0 Å². The molecule has 11 heteroatoms. The topological polar surface area (TPSA) is 86.6 Å². The lowest BCUT2D eigenvalue weighted by atomic mass is 9.94. The number of ether oxygens (including phenoxy) is 2. The Kier molecular flexibility index (Phi) is 6.32. The summed E-state index contributed by atoms with van der Waals surface area (Å²) >= 11 is 0. The molecule has 3 atom stereocenters. The number of carboxylic acids is 1. The zero-order chi connectivity index (χ0) is 24.7. The Balaban J connectivity index is 1.40. The molecule has 5 rings (SSSR count). The van der Waals surface area contributed by atoms with Gasteiger partial charge in [0.15, 0.2) is 12.0 Å². The van der Waals surface area contributed by atoms with Gasteiger partial charge in [0.2, 0.25) is 0 Å². The van der Waals surface area contributed by atoms with Crippen molar-refractivity contribution in [3.8, 4) is 0 Å². The van der Waals surface area contributed by atoms with Gasteiger partial charge >= 0.3 is 5.97 Å². The summed E-state index contributed by atoms with van der Waals surface area (Å²) in [7, 11) is 1.85. The van der Waals surface area contributed by atoms with E-state index in [1.807, 2.05) is 11.9 Å². The van der Waals surface area contributed by atoms with E-state index in [-0.39, 0.29) is 29.6 Å². The van der Waals surface area contributed by atoms with Crippen molar-refractivity contribution in [3.63, 3.8) is 0 Å². The van der Waals surface area contributed by atoms with Crippen LogP contribution in [-0.4, -0.2) is 79.3 Å². The molecule has 2 saturated heterocycles. The minimum Gasteiger partial charge on any atom is -0.478 e. The summed E-state index contributed by atoms with van der Waals surface area (Å²) in [6.45, 7) is 2.10. The van der Waals surface area contributed by atoms with Gasteiger partial charge in [-0.2, -0.15) is 0 Å². The first kappa shape index (κ1) is 23.8. The molecule has 1 spiro atoms. The Morgan fingerprint density at radius 3 is 2.77 bits per heavy atom. The molecule has 8 nitrogen and oxygen atoms in total. The number of dihydropyridines is 1. The van der Waals surface area contributed by atoms with Gasteiger partial charge in [-0.05, 0) is 30.8 Å². The number of fused-ring (bicyclic) bond motifs is 1. The number of carbonyl (C=O) groups is 1. The van der Waals surface area contributed by atoms with Gasteiger partial charge < -0.3 is 29.7 Å². The van der Waals surface area contributed by atoms with Crippen molar-refractivity contribution in [1.82, 2.24) is 10.2 Å². The fourth-order valence-electron chi connectivity index (χ4n) is 5.09. The molecule has 35 heavy (non-hydrogen) atoms. The van der Waals surface area contributed by atoms with Crippen LogP contribution in [0.3, 0.4) is 0 Å². The van der Waals surface area contributed by atoms with Gasteiger partial charge in [0.05, 0.1) is 24.0 Å². The number of anilines is 1. The van der Waals surface area contributed by atoms with E-state index in [9.17, 15) is 18.7 Å². The molecule has 0 radical (unpaired) electrons. The number of halogens is 3. The summed E-state index contributed by atoms with van der Waals surface area (Å²) in [5.41, 5.74) is 0.339. The molecular formula is C24H27F3N4O4. The monoisotopic (exact) mass is 492 g/mol. The number of carboxylic acid groups (broad SMARTS) is 1. The molecule has 4 aliphatic rings. The molecule has 2 N–H and O–H groups in total. The Hall–Kier alpha value is -2.89. The third-order valence-corrected chi connectivity index (χ3v) is 6.80.